The first kappa shape index (κ1) is 8.97. The minimum Gasteiger partial charge on any atom is -0.330 e. The second-order valence-electron chi connectivity index (χ2n) is 3.37. The van der Waals surface area contributed by atoms with Crippen molar-refractivity contribution in [2.45, 2.75) is 26.8 Å². The van der Waals surface area contributed by atoms with Crippen LogP contribution in [-0.2, 0) is 11.3 Å². The van der Waals surface area contributed by atoms with Crippen molar-refractivity contribution in [2.24, 2.45) is 5.92 Å². The average Bonchev–Trinajstić information content (AvgIpc) is 2.37. The minimum absolute atomic E-state index is 0.267. The number of imidazole rings is 1. The normalized spacial score (nSPS) is 10.6. The van der Waals surface area contributed by atoms with Crippen LogP contribution < -0.4 is 0 Å². The molecule has 0 spiro atoms. The van der Waals surface area contributed by atoms with Crippen molar-refractivity contribution < 1.29 is 4.79 Å². The van der Waals surface area contributed by atoms with Crippen LogP contribution in [0.15, 0.2) is 18.7 Å². The Morgan fingerprint density at radius 1 is 1.58 bits per heavy atom. The minimum atomic E-state index is 0.267. The van der Waals surface area contributed by atoms with Gasteiger partial charge in [0.05, 0.1) is 12.9 Å². The molecule has 0 saturated heterocycles. The molecule has 3 nitrogen and oxygen atoms in total. The third-order valence-electron chi connectivity index (χ3n) is 1.55. The Bertz CT molecular complexity index is 239. The van der Waals surface area contributed by atoms with Gasteiger partial charge in [-0.2, -0.15) is 0 Å². The van der Waals surface area contributed by atoms with Gasteiger partial charge in [-0.1, -0.05) is 13.8 Å². The summed E-state index contributed by atoms with van der Waals surface area (Å²) in [6, 6.07) is 0. The van der Waals surface area contributed by atoms with Gasteiger partial charge in [0.1, 0.15) is 0 Å². The maximum Gasteiger partial charge on any atom is 0.152 e. The Morgan fingerprint density at radius 2 is 2.33 bits per heavy atom. The zero-order valence-corrected chi connectivity index (χ0v) is 7.53. The Labute approximate surface area is 72.4 Å². The van der Waals surface area contributed by atoms with Crippen LogP contribution in [0.25, 0.3) is 0 Å². The average molecular weight is 166 g/mol. The molecule has 1 aromatic rings. The first-order valence-corrected chi connectivity index (χ1v) is 4.16. The lowest BCUT2D eigenvalue weighted by Crippen LogP contribution is -2.10. The van der Waals surface area contributed by atoms with Crippen molar-refractivity contribution in [2.75, 3.05) is 0 Å². The summed E-state index contributed by atoms with van der Waals surface area (Å²) in [5, 5.41) is 0. The second kappa shape index (κ2) is 4.04. The number of ketones is 1. The number of aromatic nitrogens is 2. The fourth-order valence-corrected chi connectivity index (χ4v) is 1.10. The van der Waals surface area contributed by atoms with Crippen LogP contribution in [0.1, 0.15) is 20.3 Å². The Balaban J connectivity index is 2.37. The first-order valence-electron chi connectivity index (χ1n) is 4.16. The predicted molar refractivity (Wildman–Crippen MR) is 46.7 cm³/mol. The molecule has 1 rings (SSSR count). The van der Waals surface area contributed by atoms with Gasteiger partial charge in [-0.3, -0.25) is 4.79 Å². The number of hydrogen-bond acceptors (Lipinski definition) is 2. The molecule has 1 heterocycles. The number of carbonyl (C=O) groups excluding carboxylic acids is 1. The highest BCUT2D eigenvalue weighted by Gasteiger charge is 2.04. The van der Waals surface area contributed by atoms with Gasteiger partial charge in [0.25, 0.3) is 0 Å². The van der Waals surface area contributed by atoms with E-state index in [1.807, 2.05) is 13.8 Å². The van der Waals surface area contributed by atoms with Crippen LogP contribution in [0.2, 0.25) is 0 Å². The fraction of sp³-hybridized carbons (Fsp3) is 0.556. The maximum atomic E-state index is 11.3. The SMILES string of the molecule is CC(C)CC(=O)Cn1ccnc1. The van der Waals surface area contributed by atoms with Crippen LogP contribution in [0, 0.1) is 5.92 Å². The van der Waals surface area contributed by atoms with Crippen LogP contribution in [-0.4, -0.2) is 15.3 Å². The maximum absolute atomic E-state index is 11.3. The summed E-state index contributed by atoms with van der Waals surface area (Å²) in [6.07, 6.45) is 5.80. The lowest BCUT2D eigenvalue weighted by Gasteiger charge is -2.03. The first-order chi connectivity index (χ1) is 5.68. The highest BCUT2D eigenvalue weighted by molar-refractivity contribution is 5.78. The standard InChI is InChI=1S/C9H14N2O/c1-8(2)5-9(12)6-11-4-3-10-7-11/h3-4,7-8H,5-6H2,1-2H3. The van der Waals surface area contributed by atoms with E-state index in [0.29, 0.717) is 18.9 Å². The quantitative estimate of drug-likeness (QED) is 0.679. The molecule has 0 unspecified atom stereocenters. The molecule has 0 aliphatic rings. The van der Waals surface area contributed by atoms with Gasteiger partial charge < -0.3 is 4.57 Å². The zero-order chi connectivity index (χ0) is 8.97. The summed E-state index contributed by atoms with van der Waals surface area (Å²) < 4.78 is 1.80. The van der Waals surface area contributed by atoms with Crippen molar-refractivity contribution in [1.29, 1.82) is 0 Å². The Morgan fingerprint density at radius 3 is 2.83 bits per heavy atom. The zero-order valence-electron chi connectivity index (χ0n) is 7.53. The predicted octanol–water partition coefficient (Wildman–Crippen LogP) is 1.50. The number of rotatable bonds is 4. The Hall–Kier alpha value is -1.12. The lowest BCUT2D eigenvalue weighted by molar-refractivity contribution is -0.120. The molecule has 0 aliphatic carbocycles. The van der Waals surface area contributed by atoms with E-state index in [4.69, 9.17) is 0 Å². The smallest absolute Gasteiger partial charge is 0.152 e. The molecule has 0 aromatic carbocycles. The lowest BCUT2D eigenvalue weighted by atomic mass is 10.1. The van der Waals surface area contributed by atoms with Gasteiger partial charge in [0, 0.05) is 18.8 Å². The van der Waals surface area contributed by atoms with Gasteiger partial charge in [0.15, 0.2) is 5.78 Å². The van der Waals surface area contributed by atoms with Crippen LogP contribution in [0.3, 0.4) is 0 Å². The van der Waals surface area contributed by atoms with Crippen molar-refractivity contribution in [3.05, 3.63) is 18.7 Å². The van der Waals surface area contributed by atoms with Crippen LogP contribution in [0.4, 0.5) is 0 Å². The molecule has 12 heavy (non-hydrogen) atoms. The third kappa shape index (κ3) is 2.86. The molecule has 0 fully saturated rings. The molecule has 0 aliphatic heterocycles. The molecule has 0 N–H and O–H groups in total. The van der Waals surface area contributed by atoms with Gasteiger partial charge in [0.2, 0.25) is 0 Å². The fourth-order valence-electron chi connectivity index (χ4n) is 1.10. The second-order valence-corrected chi connectivity index (χ2v) is 3.37. The molecule has 0 saturated carbocycles. The largest absolute Gasteiger partial charge is 0.330 e. The summed E-state index contributed by atoms with van der Waals surface area (Å²) >= 11 is 0. The van der Waals surface area contributed by atoms with Crippen molar-refractivity contribution in [1.82, 2.24) is 9.55 Å². The summed E-state index contributed by atoms with van der Waals surface area (Å²) in [4.78, 5) is 15.1. The van der Waals surface area contributed by atoms with Gasteiger partial charge in [-0.15, -0.1) is 0 Å². The molecule has 0 atom stereocenters. The highest BCUT2D eigenvalue weighted by atomic mass is 16.1. The third-order valence-corrected chi connectivity index (χ3v) is 1.55. The van der Waals surface area contributed by atoms with Gasteiger partial charge in [-0.25, -0.2) is 4.98 Å². The molecule has 66 valence electrons. The number of Topliss-reactive ketones (excluding diaryl/α,β-unsaturated/α-hetero) is 1. The van der Waals surface area contributed by atoms with E-state index in [1.54, 1.807) is 23.3 Å². The van der Waals surface area contributed by atoms with Crippen molar-refractivity contribution >= 4 is 5.78 Å². The monoisotopic (exact) mass is 166 g/mol. The van der Waals surface area contributed by atoms with E-state index in [2.05, 4.69) is 4.98 Å². The summed E-state index contributed by atoms with van der Waals surface area (Å²) in [7, 11) is 0. The number of nitrogens with zero attached hydrogens (tertiary/aromatic N) is 2. The molecule has 0 amide bonds. The summed E-state index contributed by atoms with van der Waals surface area (Å²) in [5.41, 5.74) is 0. The topological polar surface area (TPSA) is 34.9 Å². The van der Waals surface area contributed by atoms with Crippen molar-refractivity contribution in [3.63, 3.8) is 0 Å². The molecular weight excluding hydrogens is 152 g/mol. The van der Waals surface area contributed by atoms with E-state index in [1.165, 1.54) is 0 Å². The number of carbonyl (C=O) groups is 1. The van der Waals surface area contributed by atoms with Crippen molar-refractivity contribution in [3.8, 4) is 0 Å². The summed E-state index contributed by atoms with van der Waals surface area (Å²) in [6.45, 7) is 4.55. The van der Waals surface area contributed by atoms with Gasteiger partial charge in [-0.05, 0) is 5.92 Å². The van der Waals surface area contributed by atoms with Gasteiger partial charge >= 0.3 is 0 Å². The molecule has 1 aromatic heterocycles. The highest BCUT2D eigenvalue weighted by Crippen LogP contribution is 2.01. The molecule has 0 bridgehead atoms. The summed E-state index contributed by atoms with van der Waals surface area (Å²) in [5.74, 6) is 0.712. The molecule has 3 heteroatoms. The molecule has 0 radical (unpaired) electrons. The van der Waals surface area contributed by atoms with E-state index in [9.17, 15) is 4.79 Å². The molecular formula is C9H14N2O. The van der Waals surface area contributed by atoms with E-state index < -0.39 is 0 Å². The van der Waals surface area contributed by atoms with Crippen LogP contribution >= 0.6 is 0 Å². The Kier molecular flexibility index (Phi) is 3.02. The van der Waals surface area contributed by atoms with E-state index >= 15 is 0 Å². The van der Waals surface area contributed by atoms with E-state index in [0.717, 1.165) is 0 Å². The van der Waals surface area contributed by atoms with E-state index in [-0.39, 0.29) is 5.78 Å². The number of hydrogen-bond donors (Lipinski definition) is 0. The van der Waals surface area contributed by atoms with Crippen LogP contribution in [0.5, 0.6) is 0 Å².